The summed E-state index contributed by atoms with van der Waals surface area (Å²) in [6, 6.07) is 0. The predicted molar refractivity (Wildman–Crippen MR) is 46.0 cm³/mol. The lowest BCUT2D eigenvalue weighted by molar-refractivity contribution is -0.183. The molecule has 3 heteroatoms. The maximum Gasteiger partial charge on any atom is 0.158 e. The van der Waals surface area contributed by atoms with Gasteiger partial charge in [0.2, 0.25) is 0 Å². The molecule has 0 aromatic rings. The molecule has 0 aromatic carbocycles. The van der Waals surface area contributed by atoms with E-state index >= 15 is 0 Å². The Bertz CT molecular complexity index is 130. The molecule has 0 amide bonds. The number of rotatable bonds is 3. The lowest BCUT2D eigenvalue weighted by Crippen LogP contribution is -2.40. The summed E-state index contributed by atoms with van der Waals surface area (Å²) >= 11 is 0. The molecule has 0 radical (unpaired) electrons. The van der Waals surface area contributed by atoms with E-state index in [1.807, 2.05) is 0 Å². The molecule has 2 fully saturated rings. The Balaban J connectivity index is 1.58. The Kier molecular flexibility index (Phi) is 2.98. The van der Waals surface area contributed by atoms with Crippen molar-refractivity contribution in [2.75, 3.05) is 32.8 Å². The minimum absolute atomic E-state index is 0.0827. The highest BCUT2D eigenvalue weighted by molar-refractivity contribution is 4.68. The van der Waals surface area contributed by atoms with Gasteiger partial charge in [-0.1, -0.05) is 0 Å². The number of nitrogens with zero attached hydrogens (tertiary/aromatic N) is 1. The van der Waals surface area contributed by atoms with E-state index in [2.05, 4.69) is 4.90 Å². The number of hydrogen-bond acceptors (Lipinski definition) is 3. The maximum absolute atomic E-state index is 5.45. The van der Waals surface area contributed by atoms with E-state index < -0.39 is 0 Å². The van der Waals surface area contributed by atoms with Crippen LogP contribution in [0.1, 0.15) is 19.3 Å². The van der Waals surface area contributed by atoms with Crippen LogP contribution in [0.2, 0.25) is 0 Å². The summed E-state index contributed by atoms with van der Waals surface area (Å²) < 4.78 is 10.9. The van der Waals surface area contributed by atoms with Crippen molar-refractivity contribution in [1.29, 1.82) is 0 Å². The summed E-state index contributed by atoms with van der Waals surface area (Å²) in [4.78, 5) is 2.45. The van der Waals surface area contributed by atoms with E-state index in [0.717, 1.165) is 32.6 Å². The second-order valence-electron chi connectivity index (χ2n) is 3.51. The fourth-order valence-electron chi connectivity index (χ4n) is 1.60. The van der Waals surface area contributed by atoms with E-state index in [-0.39, 0.29) is 6.29 Å². The molecule has 0 atom stereocenters. The first-order valence-corrected chi connectivity index (χ1v) is 4.91. The maximum atomic E-state index is 5.45. The van der Waals surface area contributed by atoms with Gasteiger partial charge in [0.25, 0.3) is 0 Å². The van der Waals surface area contributed by atoms with Gasteiger partial charge in [-0.05, 0) is 25.9 Å². The molecule has 2 saturated heterocycles. The van der Waals surface area contributed by atoms with E-state index in [0.29, 0.717) is 0 Å². The summed E-state index contributed by atoms with van der Waals surface area (Å²) in [5, 5.41) is 0. The highest BCUT2D eigenvalue weighted by Gasteiger charge is 2.18. The zero-order valence-corrected chi connectivity index (χ0v) is 7.50. The molecule has 0 saturated carbocycles. The Morgan fingerprint density at radius 3 is 2.42 bits per heavy atom. The topological polar surface area (TPSA) is 21.7 Å². The molecular weight excluding hydrogens is 154 g/mol. The molecular formula is C9H17NO2. The fourth-order valence-corrected chi connectivity index (χ4v) is 1.60. The highest BCUT2D eigenvalue weighted by Crippen LogP contribution is 2.12. The second kappa shape index (κ2) is 4.21. The summed E-state index contributed by atoms with van der Waals surface area (Å²) in [6.07, 6.45) is 3.55. The molecule has 0 N–H and O–H groups in total. The van der Waals surface area contributed by atoms with Crippen molar-refractivity contribution in [2.24, 2.45) is 0 Å². The molecule has 0 aliphatic carbocycles. The summed E-state index contributed by atoms with van der Waals surface area (Å²) in [7, 11) is 0. The molecule has 12 heavy (non-hydrogen) atoms. The van der Waals surface area contributed by atoms with Gasteiger partial charge in [0, 0.05) is 13.0 Å². The Morgan fingerprint density at radius 2 is 1.83 bits per heavy atom. The van der Waals surface area contributed by atoms with Crippen LogP contribution in [0, 0.1) is 0 Å². The lowest BCUT2D eigenvalue weighted by Gasteiger charge is -2.32. The van der Waals surface area contributed by atoms with Crippen molar-refractivity contribution in [3.05, 3.63) is 0 Å². The van der Waals surface area contributed by atoms with Gasteiger partial charge in [-0.3, -0.25) is 0 Å². The zero-order chi connectivity index (χ0) is 8.23. The molecule has 70 valence electrons. The first kappa shape index (κ1) is 8.48. The normalized spacial score (nSPS) is 27.0. The summed E-state index contributed by atoms with van der Waals surface area (Å²) in [5.74, 6) is 0. The van der Waals surface area contributed by atoms with Gasteiger partial charge in [-0.2, -0.15) is 0 Å². The van der Waals surface area contributed by atoms with Crippen LogP contribution in [0.5, 0.6) is 0 Å². The van der Waals surface area contributed by atoms with E-state index in [1.54, 1.807) is 0 Å². The van der Waals surface area contributed by atoms with Crippen LogP contribution in [-0.4, -0.2) is 44.0 Å². The Morgan fingerprint density at radius 1 is 1.08 bits per heavy atom. The van der Waals surface area contributed by atoms with Crippen molar-refractivity contribution in [1.82, 2.24) is 4.90 Å². The minimum atomic E-state index is 0.0827. The summed E-state index contributed by atoms with van der Waals surface area (Å²) in [6.45, 7) is 5.44. The molecule has 0 spiro atoms. The predicted octanol–water partition coefficient (Wildman–Crippen LogP) is 0.845. The van der Waals surface area contributed by atoms with Gasteiger partial charge in [-0.25, -0.2) is 0 Å². The molecule has 2 rings (SSSR count). The molecule has 0 aromatic heterocycles. The van der Waals surface area contributed by atoms with Crippen LogP contribution in [0.25, 0.3) is 0 Å². The van der Waals surface area contributed by atoms with Crippen molar-refractivity contribution in [3.8, 4) is 0 Å². The van der Waals surface area contributed by atoms with Gasteiger partial charge in [0.1, 0.15) is 0 Å². The Hall–Kier alpha value is -0.120. The van der Waals surface area contributed by atoms with Crippen LogP contribution in [-0.2, 0) is 9.47 Å². The third-order valence-electron chi connectivity index (χ3n) is 2.53. The third kappa shape index (κ3) is 2.19. The van der Waals surface area contributed by atoms with Crippen molar-refractivity contribution in [2.45, 2.75) is 25.6 Å². The second-order valence-corrected chi connectivity index (χ2v) is 3.51. The van der Waals surface area contributed by atoms with Gasteiger partial charge in [-0.15, -0.1) is 0 Å². The average molecular weight is 171 g/mol. The van der Waals surface area contributed by atoms with E-state index in [4.69, 9.17) is 9.47 Å². The largest absolute Gasteiger partial charge is 0.353 e. The smallest absolute Gasteiger partial charge is 0.158 e. The van der Waals surface area contributed by atoms with Crippen molar-refractivity contribution in [3.63, 3.8) is 0 Å². The molecule has 0 unspecified atom stereocenters. The SMILES string of the molecule is C1COC(CCN2CCC2)OC1. The van der Waals surface area contributed by atoms with Crippen LogP contribution < -0.4 is 0 Å². The van der Waals surface area contributed by atoms with Gasteiger partial charge < -0.3 is 14.4 Å². The monoisotopic (exact) mass is 171 g/mol. The average Bonchev–Trinajstić information content (AvgIpc) is 2.04. The van der Waals surface area contributed by atoms with Gasteiger partial charge in [0.15, 0.2) is 6.29 Å². The quantitative estimate of drug-likeness (QED) is 0.628. The first-order valence-electron chi connectivity index (χ1n) is 4.91. The van der Waals surface area contributed by atoms with Crippen LogP contribution in [0.15, 0.2) is 0 Å². The number of ether oxygens (including phenoxy) is 2. The fraction of sp³-hybridized carbons (Fsp3) is 1.00. The minimum Gasteiger partial charge on any atom is -0.353 e. The van der Waals surface area contributed by atoms with Crippen LogP contribution in [0.3, 0.4) is 0 Å². The molecule has 2 aliphatic heterocycles. The molecule has 2 aliphatic rings. The first-order chi connectivity index (χ1) is 5.95. The van der Waals surface area contributed by atoms with Crippen LogP contribution in [0.4, 0.5) is 0 Å². The van der Waals surface area contributed by atoms with Crippen molar-refractivity contribution >= 4 is 0 Å². The Labute approximate surface area is 73.6 Å². The summed E-state index contributed by atoms with van der Waals surface area (Å²) in [5.41, 5.74) is 0. The van der Waals surface area contributed by atoms with Crippen LogP contribution >= 0.6 is 0 Å². The third-order valence-corrected chi connectivity index (χ3v) is 2.53. The standard InChI is InChI=1S/C9H17NO2/c1-4-10(5-1)6-3-9-11-7-2-8-12-9/h9H,1-8H2. The van der Waals surface area contributed by atoms with E-state index in [9.17, 15) is 0 Å². The highest BCUT2D eigenvalue weighted by atomic mass is 16.7. The lowest BCUT2D eigenvalue weighted by atomic mass is 10.2. The number of hydrogen-bond donors (Lipinski definition) is 0. The van der Waals surface area contributed by atoms with Crippen molar-refractivity contribution < 1.29 is 9.47 Å². The van der Waals surface area contributed by atoms with Gasteiger partial charge in [0.05, 0.1) is 13.2 Å². The van der Waals surface area contributed by atoms with Gasteiger partial charge >= 0.3 is 0 Å². The zero-order valence-electron chi connectivity index (χ0n) is 7.50. The van der Waals surface area contributed by atoms with E-state index in [1.165, 1.54) is 19.5 Å². The number of likely N-dealkylation sites (tertiary alicyclic amines) is 1. The molecule has 0 bridgehead atoms. The molecule has 2 heterocycles. The molecule has 3 nitrogen and oxygen atoms in total.